The molecule has 4 heteroatoms. The van der Waals surface area contributed by atoms with Crippen LogP contribution in [0.3, 0.4) is 0 Å². The molecule has 0 saturated carbocycles. The van der Waals surface area contributed by atoms with Crippen molar-refractivity contribution in [3.8, 4) is 65.6 Å². The molecule has 0 fully saturated rings. The first-order valence-electron chi connectivity index (χ1n) is 17.4. The van der Waals surface area contributed by atoms with Gasteiger partial charge in [0.05, 0.1) is 20.4 Å². The van der Waals surface area contributed by atoms with E-state index in [-0.39, 0.29) is 0 Å². The highest BCUT2D eigenvalue weighted by Crippen LogP contribution is 2.38. The molecule has 2 aromatic heterocycles. The highest BCUT2D eigenvalue weighted by Gasteiger charge is 2.12. The highest BCUT2D eigenvalue weighted by molar-refractivity contribution is 7.22. The summed E-state index contributed by atoms with van der Waals surface area (Å²) in [4.78, 5) is 10.1. The van der Waals surface area contributed by atoms with Gasteiger partial charge in [-0.2, -0.15) is 0 Å². The van der Waals surface area contributed by atoms with E-state index in [9.17, 15) is 0 Å². The Bertz CT molecular complexity index is 2570. The molecule has 0 amide bonds. The van der Waals surface area contributed by atoms with Crippen molar-refractivity contribution >= 4 is 53.9 Å². The number of hydrogen-bond acceptors (Lipinski definition) is 4. The maximum atomic E-state index is 5.07. The Morgan fingerprint density at radius 1 is 0.269 bits per heavy atom. The molecule has 2 nitrogen and oxygen atoms in total. The number of benzene rings is 8. The van der Waals surface area contributed by atoms with Crippen LogP contribution in [0.4, 0.5) is 0 Å². The number of thiazole rings is 2. The molecule has 0 aliphatic rings. The number of nitrogens with zero attached hydrogens (tertiary/aromatic N) is 2. The van der Waals surface area contributed by atoms with E-state index in [4.69, 9.17) is 9.97 Å². The fraction of sp³-hybridized carbons (Fsp3) is 0. The van der Waals surface area contributed by atoms with Crippen molar-refractivity contribution in [2.24, 2.45) is 0 Å². The average Bonchev–Trinajstić information content (AvgIpc) is 3.84. The molecule has 0 aliphatic heterocycles. The SMILES string of the molecule is c1ccc(-c2ccc(-c3ccc(-c4nc5cc6cc7sc(-c8ccc(-c9ccc(-c%10ccccc%10)cc9)cc8)nc7cc6cc5s4)cc3)cc2)cc1. The summed E-state index contributed by atoms with van der Waals surface area (Å²) in [5, 5.41) is 4.45. The van der Waals surface area contributed by atoms with E-state index in [1.807, 2.05) is 0 Å². The molecule has 0 bridgehead atoms. The van der Waals surface area contributed by atoms with Gasteiger partial charge < -0.3 is 0 Å². The molecule has 10 rings (SSSR count). The van der Waals surface area contributed by atoms with Crippen LogP contribution in [0.15, 0.2) is 182 Å². The van der Waals surface area contributed by atoms with Crippen molar-refractivity contribution in [1.82, 2.24) is 9.97 Å². The standard InChI is InChI=1S/C48H30N2S2/c1-3-7-31(8-4-1)33-11-15-35(16-12-33)37-19-23-39(24-20-37)47-49-43-27-41-30-46-44(28-42(41)29-45(43)51-47)50-48(52-46)40-25-21-38(22-26-40)36-17-13-34(14-18-36)32-9-5-2-6-10-32/h1-30H. The minimum Gasteiger partial charge on any atom is -0.236 e. The predicted molar refractivity (Wildman–Crippen MR) is 223 cm³/mol. The third kappa shape index (κ3) is 5.78. The zero-order valence-electron chi connectivity index (χ0n) is 28.0. The number of rotatable bonds is 6. The zero-order chi connectivity index (χ0) is 34.4. The van der Waals surface area contributed by atoms with E-state index in [0.717, 1.165) is 32.2 Å². The quantitative estimate of drug-likeness (QED) is 0.173. The van der Waals surface area contributed by atoms with Crippen molar-refractivity contribution in [2.75, 3.05) is 0 Å². The zero-order valence-corrected chi connectivity index (χ0v) is 29.7. The van der Waals surface area contributed by atoms with Gasteiger partial charge in [-0.3, -0.25) is 0 Å². The van der Waals surface area contributed by atoms with Crippen molar-refractivity contribution in [2.45, 2.75) is 0 Å². The normalized spacial score (nSPS) is 11.5. The Kier molecular flexibility index (Phi) is 7.56. The van der Waals surface area contributed by atoms with Crippen LogP contribution in [0.2, 0.25) is 0 Å². The van der Waals surface area contributed by atoms with Crippen LogP contribution in [-0.4, -0.2) is 9.97 Å². The van der Waals surface area contributed by atoms with E-state index in [0.29, 0.717) is 0 Å². The second-order valence-electron chi connectivity index (χ2n) is 13.1. The van der Waals surface area contributed by atoms with Crippen LogP contribution in [-0.2, 0) is 0 Å². The van der Waals surface area contributed by atoms with Crippen molar-refractivity contribution < 1.29 is 0 Å². The molecule has 0 radical (unpaired) electrons. The first-order valence-corrected chi connectivity index (χ1v) is 19.0. The first-order chi connectivity index (χ1) is 25.7. The Morgan fingerprint density at radius 2 is 0.538 bits per heavy atom. The summed E-state index contributed by atoms with van der Waals surface area (Å²) in [7, 11) is 0. The number of fused-ring (bicyclic) bond motifs is 3. The molecule has 0 atom stereocenters. The Balaban J connectivity index is 0.883. The monoisotopic (exact) mass is 698 g/mol. The third-order valence-electron chi connectivity index (χ3n) is 9.77. The van der Waals surface area contributed by atoms with Crippen LogP contribution >= 0.6 is 22.7 Å². The molecule has 0 aliphatic carbocycles. The summed E-state index contributed by atoms with van der Waals surface area (Å²) in [5.41, 5.74) is 14.1. The van der Waals surface area contributed by atoms with Gasteiger partial charge in [-0.05, 0) is 79.5 Å². The Labute approximate surface area is 310 Å². The Hall–Kier alpha value is -6.20. The van der Waals surface area contributed by atoms with Crippen LogP contribution < -0.4 is 0 Å². The second kappa shape index (κ2) is 12.8. The van der Waals surface area contributed by atoms with E-state index in [2.05, 4.69) is 182 Å². The predicted octanol–water partition coefficient (Wildman–Crippen LogP) is 14.1. The lowest BCUT2D eigenvalue weighted by Gasteiger charge is -2.06. The van der Waals surface area contributed by atoms with Gasteiger partial charge in [0.15, 0.2) is 0 Å². The minimum atomic E-state index is 1.03. The molecule has 0 N–H and O–H groups in total. The van der Waals surface area contributed by atoms with Gasteiger partial charge in [0.1, 0.15) is 10.0 Å². The average molecular weight is 699 g/mol. The van der Waals surface area contributed by atoms with Crippen molar-refractivity contribution in [1.29, 1.82) is 0 Å². The molecule has 244 valence electrons. The van der Waals surface area contributed by atoms with Crippen LogP contribution in [0, 0.1) is 0 Å². The molecule has 0 saturated heterocycles. The molecule has 2 heterocycles. The van der Waals surface area contributed by atoms with Gasteiger partial charge in [0, 0.05) is 11.1 Å². The van der Waals surface area contributed by atoms with Gasteiger partial charge in [-0.1, -0.05) is 158 Å². The summed E-state index contributed by atoms with van der Waals surface area (Å²) in [6, 6.07) is 65.1. The summed E-state index contributed by atoms with van der Waals surface area (Å²) < 4.78 is 2.37. The number of hydrogen-bond donors (Lipinski definition) is 0. The first kappa shape index (κ1) is 30.6. The summed E-state index contributed by atoms with van der Waals surface area (Å²) >= 11 is 3.49. The largest absolute Gasteiger partial charge is 0.236 e. The maximum absolute atomic E-state index is 5.07. The van der Waals surface area contributed by atoms with Crippen molar-refractivity contribution in [3.63, 3.8) is 0 Å². The lowest BCUT2D eigenvalue weighted by atomic mass is 10.00. The van der Waals surface area contributed by atoms with Gasteiger partial charge in [0.25, 0.3) is 0 Å². The minimum absolute atomic E-state index is 1.03. The Morgan fingerprint density at radius 3 is 0.846 bits per heavy atom. The molecular weight excluding hydrogens is 669 g/mol. The van der Waals surface area contributed by atoms with Gasteiger partial charge in [-0.15, -0.1) is 22.7 Å². The van der Waals surface area contributed by atoms with Crippen LogP contribution in [0.25, 0.3) is 96.9 Å². The smallest absolute Gasteiger partial charge is 0.124 e. The van der Waals surface area contributed by atoms with E-state index < -0.39 is 0 Å². The van der Waals surface area contributed by atoms with Gasteiger partial charge in [-0.25, -0.2) is 9.97 Å². The fourth-order valence-corrected chi connectivity index (χ4v) is 8.93. The lowest BCUT2D eigenvalue weighted by molar-refractivity contribution is 1.47. The van der Waals surface area contributed by atoms with Crippen LogP contribution in [0.1, 0.15) is 0 Å². The molecule has 0 unspecified atom stereocenters. The summed E-state index contributed by atoms with van der Waals surface area (Å²) in [6.07, 6.45) is 0. The molecule has 52 heavy (non-hydrogen) atoms. The molecule has 8 aromatic carbocycles. The second-order valence-corrected chi connectivity index (χ2v) is 15.1. The molecule has 0 spiro atoms. The van der Waals surface area contributed by atoms with Gasteiger partial charge >= 0.3 is 0 Å². The lowest BCUT2D eigenvalue weighted by Crippen LogP contribution is -1.81. The topological polar surface area (TPSA) is 25.8 Å². The van der Waals surface area contributed by atoms with E-state index in [1.165, 1.54) is 64.7 Å². The number of aromatic nitrogens is 2. The summed E-state index contributed by atoms with van der Waals surface area (Å²) in [6.45, 7) is 0. The van der Waals surface area contributed by atoms with E-state index in [1.54, 1.807) is 22.7 Å². The van der Waals surface area contributed by atoms with Crippen molar-refractivity contribution in [3.05, 3.63) is 182 Å². The third-order valence-corrected chi connectivity index (χ3v) is 11.9. The molecular formula is C48H30N2S2. The van der Waals surface area contributed by atoms with E-state index >= 15 is 0 Å². The fourth-order valence-electron chi connectivity index (χ4n) is 6.92. The van der Waals surface area contributed by atoms with Crippen LogP contribution in [0.5, 0.6) is 0 Å². The highest BCUT2D eigenvalue weighted by atomic mass is 32.1. The maximum Gasteiger partial charge on any atom is 0.124 e. The summed E-state index contributed by atoms with van der Waals surface area (Å²) in [5.74, 6) is 0. The van der Waals surface area contributed by atoms with Gasteiger partial charge in [0.2, 0.25) is 0 Å². The molecule has 10 aromatic rings.